The Labute approximate surface area is 92.3 Å². The first-order valence-corrected chi connectivity index (χ1v) is 5.44. The summed E-state index contributed by atoms with van der Waals surface area (Å²) in [6.07, 6.45) is 1.50. The first-order chi connectivity index (χ1) is 7.29. The molecule has 0 saturated carbocycles. The van der Waals surface area contributed by atoms with Crippen molar-refractivity contribution in [3.8, 4) is 0 Å². The third kappa shape index (κ3) is 2.37. The zero-order chi connectivity index (χ0) is 10.7. The van der Waals surface area contributed by atoms with Gasteiger partial charge in [0.05, 0.1) is 0 Å². The minimum Gasteiger partial charge on any atom is -0.326 e. The van der Waals surface area contributed by atoms with Crippen LogP contribution in [0.4, 0.5) is 0 Å². The molecule has 1 aromatic carbocycles. The fourth-order valence-corrected chi connectivity index (χ4v) is 2.21. The molecule has 0 fully saturated rings. The average molecular weight is 220 g/mol. The van der Waals surface area contributed by atoms with Gasteiger partial charge in [-0.05, 0) is 24.1 Å². The van der Waals surface area contributed by atoms with Crippen LogP contribution in [0.2, 0.25) is 0 Å². The van der Waals surface area contributed by atoms with E-state index in [0.717, 1.165) is 15.6 Å². The molecule has 0 saturated heterocycles. The van der Waals surface area contributed by atoms with E-state index in [1.807, 2.05) is 6.07 Å². The van der Waals surface area contributed by atoms with Crippen LogP contribution < -0.4 is 5.73 Å². The van der Waals surface area contributed by atoms with Crippen LogP contribution in [0.25, 0.3) is 0 Å². The van der Waals surface area contributed by atoms with E-state index in [-0.39, 0.29) is 0 Å². The molecule has 3 N–H and O–H groups in total. The molecule has 0 aliphatic heterocycles. The third-order valence-electron chi connectivity index (χ3n) is 2.04. The van der Waals surface area contributed by atoms with Crippen LogP contribution in [0.1, 0.15) is 11.1 Å². The number of nitrogens with one attached hydrogen (secondary N) is 1. The molecular formula is C10H12N4S. The molecule has 78 valence electrons. The summed E-state index contributed by atoms with van der Waals surface area (Å²) in [5.74, 6) is 0. The van der Waals surface area contributed by atoms with Gasteiger partial charge in [-0.15, -0.1) is 0 Å². The van der Waals surface area contributed by atoms with Gasteiger partial charge in [-0.3, -0.25) is 5.10 Å². The fraction of sp³-hybridized carbons (Fsp3) is 0.200. The van der Waals surface area contributed by atoms with E-state index >= 15 is 0 Å². The number of hydrogen-bond donors (Lipinski definition) is 2. The van der Waals surface area contributed by atoms with Gasteiger partial charge in [0.1, 0.15) is 6.33 Å². The second-order valence-corrected chi connectivity index (χ2v) is 4.24. The topological polar surface area (TPSA) is 67.6 Å². The molecule has 0 aliphatic carbocycles. The highest BCUT2D eigenvalue weighted by Crippen LogP contribution is 2.28. The highest BCUT2D eigenvalue weighted by molar-refractivity contribution is 7.99. The Morgan fingerprint density at radius 2 is 2.33 bits per heavy atom. The number of H-pyrrole nitrogens is 1. The summed E-state index contributed by atoms with van der Waals surface area (Å²) in [5.41, 5.74) is 8.01. The van der Waals surface area contributed by atoms with E-state index in [1.165, 1.54) is 11.9 Å². The summed E-state index contributed by atoms with van der Waals surface area (Å²) in [4.78, 5) is 5.21. The summed E-state index contributed by atoms with van der Waals surface area (Å²) in [6.45, 7) is 2.60. The molecule has 5 heteroatoms. The van der Waals surface area contributed by atoms with Crippen molar-refractivity contribution in [1.82, 2.24) is 15.2 Å². The summed E-state index contributed by atoms with van der Waals surface area (Å²) < 4.78 is 0. The average Bonchev–Trinajstić information content (AvgIpc) is 2.71. The minimum atomic E-state index is 0.538. The molecular weight excluding hydrogens is 208 g/mol. The highest BCUT2D eigenvalue weighted by Gasteiger charge is 2.05. The maximum atomic E-state index is 5.67. The molecule has 0 aliphatic rings. The van der Waals surface area contributed by atoms with E-state index in [1.54, 1.807) is 11.8 Å². The van der Waals surface area contributed by atoms with Gasteiger partial charge in [0.2, 0.25) is 0 Å². The first kappa shape index (κ1) is 10.2. The number of nitrogens with zero attached hydrogens (tertiary/aromatic N) is 2. The zero-order valence-electron chi connectivity index (χ0n) is 8.40. The van der Waals surface area contributed by atoms with Crippen molar-refractivity contribution in [2.75, 3.05) is 0 Å². The van der Waals surface area contributed by atoms with Crippen molar-refractivity contribution in [2.45, 2.75) is 23.5 Å². The van der Waals surface area contributed by atoms with Crippen LogP contribution in [0.5, 0.6) is 0 Å². The van der Waals surface area contributed by atoms with Crippen molar-refractivity contribution in [2.24, 2.45) is 5.73 Å². The lowest BCUT2D eigenvalue weighted by Crippen LogP contribution is -1.98. The Bertz CT molecular complexity index is 439. The molecule has 0 spiro atoms. The molecule has 2 aromatic rings. The Kier molecular flexibility index (Phi) is 3.03. The Morgan fingerprint density at radius 1 is 1.47 bits per heavy atom. The van der Waals surface area contributed by atoms with E-state index in [4.69, 9.17) is 5.73 Å². The summed E-state index contributed by atoms with van der Waals surface area (Å²) in [5, 5.41) is 7.41. The Hall–Kier alpha value is -1.33. The quantitative estimate of drug-likeness (QED) is 0.826. The van der Waals surface area contributed by atoms with Gasteiger partial charge in [-0.2, -0.15) is 5.10 Å². The lowest BCUT2D eigenvalue weighted by Gasteiger charge is -2.06. The molecule has 4 nitrogen and oxygen atoms in total. The molecule has 0 atom stereocenters. The summed E-state index contributed by atoms with van der Waals surface area (Å²) in [7, 11) is 0. The maximum Gasteiger partial charge on any atom is 0.188 e. The van der Waals surface area contributed by atoms with Gasteiger partial charge in [0.15, 0.2) is 5.16 Å². The van der Waals surface area contributed by atoms with Gasteiger partial charge >= 0.3 is 0 Å². The van der Waals surface area contributed by atoms with Crippen LogP contribution in [0, 0.1) is 6.92 Å². The standard InChI is InChI=1S/C10H12N4S/c1-7-2-3-8(5-11)9(4-7)15-10-12-6-13-14-10/h2-4,6H,5,11H2,1H3,(H,12,13,14). The summed E-state index contributed by atoms with van der Waals surface area (Å²) >= 11 is 1.55. The van der Waals surface area contributed by atoms with Crippen LogP contribution in [-0.4, -0.2) is 15.2 Å². The summed E-state index contributed by atoms with van der Waals surface area (Å²) in [6, 6.07) is 6.22. The molecule has 1 aromatic heterocycles. The fourth-order valence-electron chi connectivity index (χ4n) is 1.27. The maximum absolute atomic E-state index is 5.67. The molecule has 0 bridgehead atoms. The van der Waals surface area contributed by atoms with Gasteiger partial charge in [-0.25, -0.2) is 4.98 Å². The predicted octanol–water partition coefficient (Wildman–Crippen LogP) is 1.72. The lowest BCUT2D eigenvalue weighted by molar-refractivity contribution is 0.966. The van der Waals surface area contributed by atoms with Crippen LogP contribution in [-0.2, 0) is 6.54 Å². The van der Waals surface area contributed by atoms with Crippen LogP contribution in [0.15, 0.2) is 34.6 Å². The van der Waals surface area contributed by atoms with Crippen LogP contribution >= 0.6 is 11.8 Å². The largest absolute Gasteiger partial charge is 0.326 e. The van der Waals surface area contributed by atoms with Crippen LogP contribution in [0.3, 0.4) is 0 Å². The number of aromatic amines is 1. The SMILES string of the molecule is Cc1ccc(CN)c(Sc2ncn[nH]2)c1. The first-order valence-electron chi connectivity index (χ1n) is 4.62. The number of benzene rings is 1. The monoisotopic (exact) mass is 220 g/mol. The molecule has 0 amide bonds. The predicted molar refractivity (Wildman–Crippen MR) is 59.6 cm³/mol. The number of aryl methyl sites for hydroxylation is 1. The van der Waals surface area contributed by atoms with Gasteiger partial charge in [-0.1, -0.05) is 23.9 Å². The second-order valence-electron chi connectivity index (χ2n) is 3.21. The highest BCUT2D eigenvalue weighted by atomic mass is 32.2. The van der Waals surface area contributed by atoms with Gasteiger partial charge in [0.25, 0.3) is 0 Å². The molecule has 1 heterocycles. The van der Waals surface area contributed by atoms with Gasteiger partial charge in [0, 0.05) is 11.4 Å². The van der Waals surface area contributed by atoms with Crippen molar-refractivity contribution in [3.05, 3.63) is 35.7 Å². The lowest BCUT2D eigenvalue weighted by atomic mass is 10.1. The Morgan fingerprint density at radius 3 is 3.00 bits per heavy atom. The van der Waals surface area contributed by atoms with E-state index in [2.05, 4.69) is 34.2 Å². The number of hydrogen-bond acceptors (Lipinski definition) is 4. The number of nitrogens with two attached hydrogens (primary N) is 1. The molecule has 0 unspecified atom stereocenters. The number of aromatic nitrogens is 3. The molecule has 0 radical (unpaired) electrons. The molecule has 15 heavy (non-hydrogen) atoms. The third-order valence-corrected chi connectivity index (χ3v) is 3.03. The van der Waals surface area contributed by atoms with Gasteiger partial charge < -0.3 is 5.73 Å². The van der Waals surface area contributed by atoms with Crippen molar-refractivity contribution >= 4 is 11.8 Å². The Balaban J connectivity index is 2.30. The van der Waals surface area contributed by atoms with E-state index < -0.39 is 0 Å². The smallest absolute Gasteiger partial charge is 0.188 e. The molecule has 2 rings (SSSR count). The van der Waals surface area contributed by atoms with Crippen molar-refractivity contribution in [3.63, 3.8) is 0 Å². The minimum absolute atomic E-state index is 0.538. The van der Waals surface area contributed by atoms with Crippen molar-refractivity contribution < 1.29 is 0 Å². The normalized spacial score (nSPS) is 10.5. The van der Waals surface area contributed by atoms with E-state index in [0.29, 0.717) is 6.54 Å². The van der Waals surface area contributed by atoms with E-state index in [9.17, 15) is 0 Å². The number of rotatable bonds is 3. The zero-order valence-corrected chi connectivity index (χ0v) is 9.21. The second kappa shape index (κ2) is 4.46. The van der Waals surface area contributed by atoms with Crippen molar-refractivity contribution in [1.29, 1.82) is 0 Å².